The van der Waals surface area contributed by atoms with E-state index >= 15 is 0 Å². The van der Waals surface area contributed by atoms with E-state index in [9.17, 15) is 14.9 Å². The van der Waals surface area contributed by atoms with Gasteiger partial charge in [-0.3, -0.25) is 10.1 Å². The summed E-state index contributed by atoms with van der Waals surface area (Å²) in [6, 6.07) is 4.42. The zero-order chi connectivity index (χ0) is 12.3. The van der Waals surface area contributed by atoms with Crippen molar-refractivity contribution in [3.8, 4) is 0 Å². The monoisotopic (exact) mass is 223 g/mol. The van der Waals surface area contributed by atoms with Crippen LogP contribution in [-0.4, -0.2) is 17.0 Å². The van der Waals surface area contributed by atoms with Crippen molar-refractivity contribution in [2.45, 2.75) is 26.9 Å². The molecule has 0 aliphatic rings. The lowest BCUT2D eigenvalue weighted by atomic mass is 10.1. The van der Waals surface area contributed by atoms with Crippen molar-refractivity contribution in [1.82, 2.24) is 0 Å². The molecule has 0 spiro atoms. The first-order chi connectivity index (χ1) is 7.41. The lowest BCUT2D eigenvalue weighted by Gasteiger charge is -2.08. The van der Waals surface area contributed by atoms with Crippen molar-refractivity contribution in [3.05, 3.63) is 39.4 Å². The Morgan fingerprint density at radius 2 is 2.06 bits per heavy atom. The Bertz CT molecular complexity index is 426. The van der Waals surface area contributed by atoms with Gasteiger partial charge in [0.05, 0.1) is 11.0 Å². The predicted molar refractivity (Wildman–Crippen MR) is 58.4 cm³/mol. The van der Waals surface area contributed by atoms with Crippen molar-refractivity contribution in [2.75, 3.05) is 0 Å². The molecule has 0 bridgehead atoms. The van der Waals surface area contributed by atoms with Crippen LogP contribution in [-0.2, 0) is 4.74 Å². The van der Waals surface area contributed by atoms with Crippen LogP contribution in [0.5, 0.6) is 0 Å². The molecule has 16 heavy (non-hydrogen) atoms. The van der Waals surface area contributed by atoms with Crippen LogP contribution in [0.3, 0.4) is 0 Å². The number of benzene rings is 1. The third kappa shape index (κ3) is 2.79. The van der Waals surface area contributed by atoms with E-state index in [0.717, 1.165) is 5.56 Å². The van der Waals surface area contributed by atoms with Gasteiger partial charge in [0.25, 0.3) is 5.69 Å². The number of aryl methyl sites for hydroxylation is 1. The molecule has 1 aromatic rings. The van der Waals surface area contributed by atoms with Crippen LogP contribution in [0.15, 0.2) is 18.2 Å². The summed E-state index contributed by atoms with van der Waals surface area (Å²) in [7, 11) is 0. The first-order valence-corrected chi connectivity index (χ1v) is 4.88. The van der Waals surface area contributed by atoms with Gasteiger partial charge in [-0.1, -0.05) is 6.07 Å². The van der Waals surface area contributed by atoms with Crippen molar-refractivity contribution >= 4 is 11.7 Å². The normalized spacial score (nSPS) is 10.2. The third-order valence-corrected chi connectivity index (χ3v) is 1.91. The maximum absolute atomic E-state index is 11.6. The number of nitro benzene ring substituents is 1. The first kappa shape index (κ1) is 12.2. The maximum Gasteiger partial charge on any atom is 0.345 e. The van der Waals surface area contributed by atoms with Crippen LogP contribution in [0, 0.1) is 17.0 Å². The second kappa shape index (κ2) is 4.74. The highest BCUT2D eigenvalue weighted by Crippen LogP contribution is 2.21. The second-order valence-corrected chi connectivity index (χ2v) is 3.73. The maximum atomic E-state index is 11.6. The lowest BCUT2D eigenvalue weighted by molar-refractivity contribution is -0.385. The van der Waals surface area contributed by atoms with Gasteiger partial charge in [0, 0.05) is 6.07 Å². The van der Waals surface area contributed by atoms with E-state index in [1.807, 2.05) is 0 Å². The largest absolute Gasteiger partial charge is 0.459 e. The van der Waals surface area contributed by atoms with Gasteiger partial charge < -0.3 is 4.74 Å². The van der Waals surface area contributed by atoms with Crippen LogP contribution < -0.4 is 0 Å². The molecule has 0 radical (unpaired) electrons. The Labute approximate surface area is 93.2 Å². The van der Waals surface area contributed by atoms with Gasteiger partial charge in [-0.25, -0.2) is 4.79 Å². The lowest BCUT2D eigenvalue weighted by Crippen LogP contribution is -2.13. The predicted octanol–water partition coefficient (Wildman–Crippen LogP) is 2.47. The fourth-order valence-corrected chi connectivity index (χ4v) is 1.24. The molecule has 1 rings (SSSR count). The topological polar surface area (TPSA) is 69.4 Å². The van der Waals surface area contributed by atoms with Gasteiger partial charge in [-0.05, 0) is 32.4 Å². The number of carbonyl (C=O) groups is 1. The Balaban J connectivity index is 3.12. The van der Waals surface area contributed by atoms with Crippen molar-refractivity contribution in [1.29, 1.82) is 0 Å². The van der Waals surface area contributed by atoms with Crippen LogP contribution in [0.25, 0.3) is 0 Å². The van der Waals surface area contributed by atoms with Gasteiger partial charge in [-0.15, -0.1) is 0 Å². The molecule has 0 aliphatic carbocycles. The van der Waals surface area contributed by atoms with E-state index in [-0.39, 0.29) is 17.4 Å². The smallest absolute Gasteiger partial charge is 0.345 e. The minimum Gasteiger partial charge on any atom is -0.459 e. The summed E-state index contributed by atoms with van der Waals surface area (Å²) in [6.45, 7) is 5.11. The number of esters is 1. The van der Waals surface area contributed by atoms with Crippen molar-refractivity contribution in [2.24, 2.45) is 0 Å². The molecule has 0 heterocycles. The van der Waals surface area contributed by atoms with E-state index in [2.05, 4.69) is 0 Å². The summed E-state index contributed by atoms with van der Waals surface area (Å²) >= 11 is 0. The van der Waals surface area contributed by atoms with Gasteiger partial charge in [0.15, 0.2) is 0 Å². The van der Waals surface area contributed by atoms with Crippen LogP contribution in [0.4, 0.5) is 5.69 Å². The quantitative estimate of drug-likeness (QED) is 0.448. The molecule has 0 atom stereocenters. The first-order valence-electron chi connectivity index (χ1n) is 4.88. The van der Waals surface area contributed by atoms with Crippen LogP contribution >= 0.6 is 0 Å². The number of nitro groups is 1. The summed E-state index contributed by atoms with van der Waals surface area (Å²) < 4.78 is 4.92. The Hall–Kier alpha value is -1.91. The van der Waals surface area contributed by atoms with Gasteiger partial charge >= 0.3 is 5.97 Å². The summed E-state index contributed by atoms with van der Waals surface area (Å²) in [4.78, 5) is 21.7. The van der Waals surface area contributed by atoms with E-state index < -0.39 is 10.9 Å². The molecular weight excluding hydrogens is 210 g/mol. The number of hydrogen-bond donors (Lipinski definition) is 0. The Kier molecular flexibility index (Phi) is 3.60. The Morgan fingerprint density at radius 3 is 2.56 bits per heavy atom. The molecule has 5 heteroatoms. The third-order valence-electron chi connectivity index (χ3n) is 1.91. The Morgan fingerprint density at radius 1 is 1.44 bits per heavy atom. The summed E-state index contributed by atoms with van der Waals surface area (Å²) in [5, 5.41) is 10.8. The molecule has 0 amide bonds. The van der Waals surface area contributed by atoms with Gasteiger partial charge in [-0.2, -0.15) is 0 Å². The van der Waals surface area contributed by atoms with Gasteiger partial charge in [0.2, 0.25) is 0 Å². The molecule has 5 nitrogen and oxygen atoms in total. The highest BCUT2D eigenvalue weighted by atomic mass is 16.6. The molecule has 0 saturated heterocycles. The minimum absolute atomic E-state index is 0.00991. The molecular formula is C11H13NO4. The fourth-order valence-electron chi connectivity index (χ4n) is 1.24. The van der Waals surface area contributed by atoms with Gasteiger partial charge in [0.1, 0.15) is 5.56 Å². The van der Waals surface area contributed by atoms with E-state index in [0.29, 0.717) is 0 Å². The average Bonchev–Trinajstić information content (AvgIpc) is 2.16. The molecule has 0 aromatic heterocycles. The molecule has 0 unspecified atom stereocenters. The van der Waals surface area contributed by atoms with E-state index in [1.54, 1.807) is 26.8 Å². The number of ether oxygens (including phenoxy) is 1. The zero-order valence-corrected chi connectivity index (χ0v) is 9.39. The number of hydrogen-bond acceptors (Lipinski definition) is 4. The number of rotatable bonds is 3. The fraction of sp³-hybridized carbons (Fsp3) is 0.364. The van der Waals surface area contributed by atoms with E-state index in [1.165, 1.54) is 12.1 Å². The van der Waals surface area contributed by atoms with Crippen molar-refractivity contribution in [3.63, 3.8) is 0 Å². The second-order valence-electron chi connectivity index (χ2n) is 3.73. The molecule has 86 valence electrons. The molecule has 0 aliphatic heterocycles. The standard InChI is InChI=1S/C11H13NO4/c1-7(2)16-11(13)9-5-4-8(3)6-10(9)12(14)15/h4-7H,1-3H3. The average molecular weight is 223 g/mol. The molecule has 1 aromatic carbocycles. The highest BCUT2D eigenvalue weighted by molar-refractivity contribution is 5.94. The van der Waals surface area contributed by atoms with Crippen LogP contribution in [0.2, 0.25) is 0 Å². The molecule has 0 saturated carbocycles. The number of carbonyl (C=O) groups excluding carboxylic acids is 1. The molecule has 0 N–H and O–H groups in total. The summed E-state index contributed by atoms with van der Waals surface area (Å²) in [6.07, 6.45) is -0.298. The van der Waals surface area contributed by atoms with Crippen molar-refractivity contribution < 1.29 is 14.5 Å². The highest BCUT2D eigenvalue weighted by Gasteiger charge is 2.21. The zero-order valence-electron chi connectivity index (χ0n) is 9.39. The van der Waals surface area contributed by atoms with Crippen LogP contribution in [0.1, 0.15) is 29.8 Å². The summed E-state index contributed by atoms with van der Waals surface area (Å²) in [5.74, 6) is -0.665. The molecule has 0 fully saturated rings. The SMILES string of the molecule is Cc1ccc(C(=O)OC(C)C)c([N+](=O)[O-])c1. The van der Waals surface area contributed by atoms with E-state index in [4.69, 9.17) is 4.74 Å². The minimum atomic E-state index is -0.665. The summed E-state index contributed by atoms with van der Waals surface area (Å²) in [5.41, 5.74) is 0.503. The number of nitrogens with zero attached hydrogens (tertiary/aromatic N) is 1.